The Morgan fingerprint density at radius 1 is 1.56 bits per heavy atom. The van der Waals surface area contributed by atoms with E-state index in [9.17, 15) is 4.79 Å². The van der Waals surface area contributed by atoms with E-state index >= 15 is 0 Å². The summed E-state index contributed by atoms with van der Waals surface area (Å²) in [5.41, 5.74) is 0.642. The van der Waals surface area contributed by atoms with Gasteiger partial charge in [-0.05, 0) is 59.8 Å². The standard InChI is InChI=1S/C12H13BrClNO/c1-7(8-2-3-8)15-12(16)9-4-5-11(14)10(13)6-9/h4-8H,2-3H2,1H3,(H,15,16). The number of nitrogens with one attached hydrogen (secondary N) is 1. The van der Waals surface area contributed by atoms with Crippen LogP contribution in [0.25, 0.3) is 0 Å². The lowest BCUT2D eigenvalue weighted by Crippen LogP contribution is -2.33. The molecule has 0 radical (unpaired) electrons. The van der Waals surface area contributed by atoms with E-state index in [1.807, 2.05) is 0 Å². The highest BCUT2D eigenvalue weighted by Crippen LogP contribution is 2.32. The molecule has 0 aliphatic heterocycles. The first kappa shape index (κ1) is 11.9. The highest BCUT2D eigenvalue weighted by Gasteiger charge is 2.29. The summed E-state index contributed by atoms with van der Waals surface area (Å²) < 4.78 is 0.751. The van der Waals surface area contributed by atoms with E-state index in [0.29, 0.717) is 16.5 Å². The Morgan fingerprint density at radius 3 is 2.81 bits per heavy atom. The Bertz CT molecular complexity index is 417. The molecule has 0 heterocycles. The number of hydrogen-bond acceptors (Lipinski definition) is 1. The first-order chi connectivity index (χ1) is 7.58. The molecule has 2 nitrogen and oxygen atoms in total. The molecule has 1 aromatic rings. The van der Waals surface area contributed by atoms with Crippen molar-refractivity contribution in [3.05, 3.63) is 33.3 Å². The first-order valence-electron chi connectivity index (χ1n) is 5.34. The van der Waals surface area contributed by atoms with Crippen LogP contribution in [0.4, 0.5) is 0 Å². The van der Waals surface area contributed by atoms with Crippen LogP contribution < -0.4 is 5.32 Å². The molecule has 0 saturated heterocycles. The molecule has 2 rings (SSSR count). The van der Waals surface area contributed by atoms with Crippen LogP contribution >= 0.6 is 27.5 Å². The van der Waals surface area contributed by atoms with Crippen molar-refractivity contribution in [3.8, 4) is 0 Å². The van der Waals surface area contributed by atoms with Gasteiger partial charge in [-0.15, -0.1) is 0 Å². The molecule has 1 aliphatic rings. The van der Waals surface area contributed by atoms with Gasteiger partial charge in [0.1, 0.15) is 0 Å². The Labute approximate surface area is 108 Å². The van der Waals surface area contributed by atoms with Gasteiger partial charge in [-0.2, -0.15) is 0 Å². The third kappa shape index (κ3) is 2.77. The summed E-state index contributed by atoms with van der Waals surface area (Å²) in [5.74, 6) is 0.636. The van der Waals surface area contributed by atoms with Gasteiger partial charge >= 0.3 is 0 Å². The first-order valence-corrected chi connectivity index (χ1v) is 6.51. The molecule has 1 amide bonds. The minimum Gasteiger partial charge on any atom is -0.349 e. The Balaban J connectivity index is 2.05. The Morgan fingerprint density at radius 2 is 2.25 bits per heavy atom. The molecule has 1 N–H and O–H groups in total. The van der Waals surface area contributed by atoms with Gasteiger partial charge in [0.2, 0.25) is 0 Å². The Hall–Kier alpha value is -0.540. The van der Waals surface area contributed by atoms with Crippen molar-refractivity contribution in [1.29, 1.82) is 0 Å². The van der Waals surface area contributed by atoms with E-state index in [1.165, 1.54) is 12.8 Å². The van der Waals surface area contributed by atoms with Crippen LogP contribution in [0.5, 0.6) is 0 Å². The third-order valence-electron chi connectivity index (χ3n) is 2.87. The van der Waals surface area contributed by atoms with Crippen LogP contribution in [0.15, 0.2) is 22.7 Å². The average Bonchev–Trinajstić information content (AvgIpc) is 3.05. The van der Waals surface area contributed by atoms with Crippen molar-refractivity contribution in [1.82, 2.24) is 5.32 Å². The second kappa shape index (κ2) is 4.76. The van der Waals surface area contributed by atoms with Crippen LogP contribution in [-0.4, -0.2) is 11.9 Å². The van der Waals surface area contributed by atoms with Gasteiger partial charge in [-0.3, -0.25) is 4.79 Å². The van der Waals surface area contributed by atoms with Gasteiger partial charge in [-0.25, -0.2) is 0 Å². The number of halogens is 2. The van der Waals surface area contributed by atoms with E-state index in [0.717, 1.165) is 4.47 Å². The molecule has 16 heavy (non-hydrogen) atoms. The zero-order chi connectivity index (χ0) is 11.7. The molecule has 1 fully saturated rings. The molecular weight excluding hydrogens is 289 g/mol. The quantitative estimate of drug-likeness (QED) is 0.907. The lowest BCUT2D eigenvalue weighted by atomic mass is 10.1. The van der Waals surface area contributed by atoms with Gasteiger partial charge in [0.25, 0.3) is 5.91 Å². The molecule has 0 aromatic heterocycles. The maximum Gasteiger partial charge on any atom is 0.251 e. The molecule has 1 saturated carbocycles. The van der Waals surface area contributed by atoms with E-state index < -0.39 is 0 Å². The minimum atomic E-state index is -0.0308. The van der Waals surface area contributed by atoms with Crippen LogP contribution in [0, 0.1) is 5.92 Å². The maximum absolute atomic E-state index is 11.9. The maximum atomic E-state index is 11.9. The number of carbonyl (C=O) groups excluding carboxylic acids is 1. The van der Waals surface area contributed by atoms with Crippen molar-refractivity contribution in [2.75, 3.05) is 0 Å². The summed E-state index contributed by atoms with van der Waals surface area (Å²) in [6.07, 6.45) is 2.46. The highest BCUT2D eigenvalue weighted by atomic mass is 79.9. The predicted octanol–water partition coefficient (Wildman–Crippen LogP) is 3.63. The van der Waals surface area contributed by atoms with E-state index in [2.05, 4.69) is 28.2 Å². The van der Waals surface area contributed by atoms with Crippen molar-refractivity contribution in [3.63, 3.8) is 0 Å². The SMILES string of the molecule is CC(NC(=O)c1ccc(Cl)c(Br)c1)C1CC1. The van der Waals surface area contributed by atoms with E-state index in [1.54, 1.807) is 18.2 Å². The molecular formula is C12H13BrClNO. The fraction of sp³-hybridized carbons (Fsp3) is 0.417. The third-order valence-corrected chi connectivity index (χ3v) is 4.08. The number of rotatable bonds is 3. The molecule has 4 heteroatoms. The van der Waals surface area contributed by atoms with Crippen LogP contribution in [0.3, 0.4) is 0 Å². The predicted molar refractivity (Wildman–Crippen MR) is 68.8 cm³/mol. The zero-order valence-corrected chi connectivity index (χ0v) is 11.3. The highest BCUT2D eigenvalue weighted by molar-refractivity contribution is 9.10. The summed E-state index contributed by atoms with van der Waals surface area (Å²) in [6, 6.07) is 5.48. The largest absolute Gasteiger partial charge is 0.349 e. The van der Waals surface area contributed by atoms with Crippen LogP contribution in [-0.2, 0) is 0 Å². The average molecular weight is 303 g/mol. The van der Waals surface area contributed by atoms with Crippen LogP contribution in [0.1, 0.15) is 30.1 Å². The molecule has 0 spiro atoms. The summed E-state index contributed by atoms with van der Waals surface area (Å²) in [7, 11) is 0. The van der Waals surface area contributed by atoms with E-state index in [4.69, 9.17) is 11.6 Å². The van der Waals surface area contributed by atoms with Gasteiger partial charge in [-0.1, -0.05) is 11.6 Å². The Kier molecular flexibility index (Phi) is 3.55. The molecule has 0 bridgehead atoms. The zero-order valence-electron chi connectivity index (χ0n) is 8.97. The second-order valence-electron chi connectivity index (χ2n) is 4.23. The van der Waals surface area contributed by atoms with Crippen molar-refractivity contribution in [2.45, 2.75) is 25.8 Å². The lowest BCUT2D eigenvalue weighted by Gasteiger charge is -2.12. The lowest BCUT2D eigenvalue weighted by molar-refractivity contribution is 0.0936. The molecule has 86 valence electrons. The number of benzene rings is 1. The second-order valence-corrected chi connectivity index (χ2v) is 5.49. The van der Waals surface area contributed by atoms with E-state index in [-0.39, 0.29) is 11.9 Å². The van der Waals surface area contributed by atoms with Crippen molar-refractivity contribution >= 4 is 33.4 Å². The number of amides is 1. The number of carbonyl (C=O) groups is 1. The minimum absolute atomic E-state index is 0.0308. The molecule has 1 aliphatic carbocycles. The van der Waals surface area contributed by atoms with Gasteiger partial charge < -0.3 is 5.32 Å². The van der Waals surface area contributed by atoms with Gasteiger partial charge in [0, 0.05) is 16.1 Å². The number of hydrogen-bond donors (Lipinski definition) is 1. The summed E-state index contributed by atoms with van der Waals surface area (Å²) in [4.78, 5) is 11.9. The van der Waals surface area contributed by atoms with Crippen molar-refractivity contribution < 1.29 is 4.79 Å². The fourth-order valence-corrected chi connectivity index (χ4v) is 2.14. The monoisotopic (exact) mass is 301 g/mol. The molecule has 1 unspecified atom stereocenters. The topological polar surface area (TPSA) is 29.1 Å². The summed E-state index contributed by atoms with van der Waals surface area (Å²) in [6.45, 7) is 2.06. The van der Waals surface area contributed by atoms with Crippen LogP contribution in [0.2, 0.25) is 5.02 Å². The summed E-state index contributed by atoms with van der Waals surface area (Å²) >= 11 is 9.18. The fourth-order valence-electron chi connectivity index (χ4n) is 1.64. The molecule has 1 atom stereocenters. The normalized spacial score (nSPS) is 16.9. The van der Waals surface area contributed by atoms with Gasteiger partial charge in [0.05, 0.1) is 5.02 Å². The summed E-state index contributed by atoms with van der Waals surface area (Å²) in [5, 5.41) is 3.62. The smallest absolute Gasteiger partial charge is 0.251 e. The van der Waals surface area contributed by atoms with Gasteiger partial charge in [0.15, 0.2) is 0 Å². The molecule has 1 aromatic carbocycles. The van der Waals surface area contributed by atoms with Crippen molar-refractivity contribution in [2.24, 2.45) is 5.92 Å².